The molecule has 0 bridgehead atoms. The number of hydrogen-bond donors (Lipinski definition) is 1. The molecule has 1 N–H and O–H groups in total. The van der Waals surface area contributed by atoms with Crippen molar-refractivity contribution >= 4 is 12.0 Å². The Hall–Kier alpha value is -2.23. The van der Waals surface area contributed by atoms with Crippen LogP contribution in [0.25, 0.3) is 6.08 Å². The molecule has 45 heavy (non-hydrogen) atoms. The quantitative estimate of drug-likeness (QED) is 0.170. The van der Waals surface area contributed by atoms with Gasteiger partial charge < -0.3 is 14.6 Å². The van der Waals surface area contributed by atoms with E-state index in [4.69, 9.17) is 9.47 Å². The lowest BCUT2D eigenvalue weighted by molar-refractivity contribution is -0.215. The van der Waals surface area contributed by atoms with E-state index in [0.717, 1.165) is 29.7 Å². The van der Waals surface area contributed by atoms with Crippen LogP contribution in [0.1, 0.15) is 132 Å². The maximum absolute atomic E-state index is 13.1. The second-order valence-electron chi connectivity index (χ2n) is 16.8. The van der Waals surface area contributed by atoms with Crippen LogP contribution in [0.15, 0.2) is 35.9 Å². The largest absolute Gasteiger partial charge is 0.504 e. The van der Waals surface area contributed by atoms with Gasteiger partial charge in [-0.3, -0.25) is 0 Å². The van der Waals surface area contributed by atoms with E-state index in [1.807, 2.05) is 0 Å². The smallest absolute Gasteiger partial charge is 0.331 e. The summed E-state index contributed by atoms with van der Waals surface area (Å²) in [5, 5.41) is 9.90. The number of carbonyl (C=O) groups excluding carboxylic acids is 1. The monoisotopic (exact) mass is 618 g/mol. The van der Waals surface area contributed by atoms with Crippen LogP contribution >= 0.6 is 0 Å². The van der Waals surface area contributed by atoms with Crippen LogP contribution in [0.5, 0.6) is 11.5 Å². The van der Waals surface area contributed by atoms with Gasteiger partial charge in [-0.1, -0.05) is 59.3 Å². The molecule has 1 aromatic carbocycles. The Morgan fingerprint density at radius 1 is 1.00 bits per heavy atom. The third-order valence-corrected chi connectivity index (χ3v) is 14.6. The van der Waals surface area contributed by atoms with Crippen molar-refractivity contribution in [2.45, 2.75) is 132 Å². The summed E-state index contributed by atoms with van der Waals surface area (Å²) < 4.78 is 11.5. The summed E-state index contributed by atoms with van der Waals surface area (Å²) in [6.07, 6.45) is 19.7. The molecule has 4 aliphatic carbocycles. The van der Waals surface area contributed by atoms with Gasteiger partial charge in [-0.15, -0.1) is 0 Å². The van der Waals surface area contributed by atoms with E-state index in [9.17, 15) is 9.90 Å². The number of hydrogen-bond acceptors (Lipinski definition) is 4. The molecule has 9 atom stereocenters. The number of fused-ring (bicyclic) bond motifs is 5. The van der Waals surface area contributed by atoms with Crippen LogP contribution in [0.2, 0.25) is 0 Å². The standard InChI is InChI=1S/C41H62O4/c1-10-41-25-24-39(7)30(28(4)13-11-12-27(2)3)22-23-40(39,8)35(41)19-16-31-32(41)17-20-36(38(31,5)6)45-37(43)21-15-29-14-18-33(42)34(26-29)44-9/h12,14-15,18,21,26,28,30-32,35-36,42H,10-11,13,16-17,19-20,22-25H2,1-9H3. The summed E-state index contributed by atoms with van der Waals surface area (Å²) in [7, 11) is 1.52. The van der Waals surface area contributed by atoms with Crippen LogP contribution in [-0.4, -0.2) is 24.3 Å². The number of phenolic OH excluding ortho intramolecular Hbond substituents is 1. The number of methoxy groups -OCH3 is 1. The molecule has 0 heterocycles. The molecule has 0 radical (unpaired) electrons. The Morgan fingerprint density at radius 3 is 2.42 bits per heavy atom. The molecule has 250 valence electrons. The zero-order valence-corrected chi connectivity index (χ0v) is 29.9. The second-order valence-corrected chi connectivity index (χ2v) is 16.8. The molecule has 0 aliphatic heterocycles. The van der Waals surface area contributed by atoms with Gasteiger partial charge in [-0.25, -0.2) is 4.79 Å². The Kier molecular flexibility index (Phi) is 9.67. The fourth-order valence-electron chi connectivity index (χ4n) is 11.9. The number of rotatable bonds is 9. The molecular weight excluding hydrogens is 556 g/mol. The average molecular weight is 619 g/mol. The maximum atomic E-state index is 13.1. The lowest BCUT2D eigenvalue weighted by Crippen LogP contribution is -2.63. The lowest BCUT2D eigenvalue weighted by atomic mass is 9.36. The molecular formula is C41H62O4. The van der Waals surface area contributed by atoms with Gasteiger partial charge in [0.15, 0.2) is 11.5 Å². The van der Waals surface area contributed by atoms with E-state index in [-0.39, 0.29) is 23.2 Å². The van der Waals surface area contributed by atoms with E-state index < -0.39 is 0 Å². The van der Waals surface area contributed by atoms with Crippen molar-refractivity contribution in [1.82, 2.24) is 0 Å². The van der Waals surface area contributed by atoms with Crippen molar-refractivity contribution < 1.29 is 19.4 Å². The van der Waals surface area contributed by atoms with Gasteiger partial charge in [0.05, 0.1) is 7.11 Å². The minimum atomic E-state index is -0.283. The predicted octanol–water partition coefficient (Wildman–Crippen LogP) is 10.8. The molecule has 0 saturated heterocycles. The van der Waals surface area contributed by atoms with Crippen LogP contribution in [-0.2, 0) is 9.53 Å². The molecule has 0 spiro atoms. The summed E-state index contributed by atoms with van der Waals surface area (Å²) in [6.45, 7) is 19.7. The van der Waals surface area contributed by atoms with Crippen molar-refractivity contribution in [2.75, 3.05) is 7.11 Å². The highest BCUT2D eigenvalue weighted by molar-refractivity contribution is 5.87. The van der Waals surface area contributed by atoms with Gasteiger partial charge in [0, 0.05) is 11.5 Å². The zero-order chi connectivity index (χ0) is 32.8. The highest BCUT2D eigenvalue weighted by Crippen LogP contribution is 2.76. The molecule has 4 nitrogen and oxygen atoms in total. The summed E-state index contributed by atoms with van der Waals surface area (Å²) in [6, 6.07) is 5.08. The summed E-state index contributed by atoms with van der Waals surface area (Å²) in [5.74, 6) is 3.91. The summed E-state index contributed by atoms with van der Waals surface area (Å²) >= 11 is 0. The zero-order valence-electron chi connectivity index (χ0n) is 29.9. The van der Waals surface area contributed by atoms with E-state index in [2.05, 4.69) is 61.5 Å². The van der Waals surface area contributed by atoms with Crippen molar-refractivity contribution in [3.63, 3.8) is 0 Å². The minimum Gasteiger partial charge on any atom is -0.504 e. The van der Waals surface area contributed by atoms with Gasteiger partial charge in [0.25, 0.3) is 0 Å². The third-order valence-electron chi connectivity index (χ3n) is 14.6. The Balaban J connectivity index is 1.31. The minimum absolute atomic E-state index is 0.0549. The van der Waals surface area contributed by atoms with Gasteiger partial charge in [0.1, 0.15) is 6.10 Å². The molecule has 9 unspecified atom stereocenters. The summed E-state index contributed by atoms with van der Waals surface area (Å²) in [4.78, 5) is 13.1. The topological polar surface area (TPSA) is 55.8 Å². The first-order chi connectivity index (χ1) is 21.2. The predicted molar refractivity (Wildman–Crippen MR) is 185 cm³/mol. The number of ether oxygens (including phenoxy) is 2. The van der Waals surface area contributed by atoms with Crippen LogP contribution in [0.3, 0.4) is 0 Å². The first-order valence-corrected chi connectivity index (χ1v) is 18.1. The van der Waals surface area contributed by atoms with E-state index >= 15 is 0 Å². The number of esters is 1. The fraction of sp³-hybridized carbons (Fsp3) is 0.732. The summed E-state index contributed by atoms with van der Waals surface area (Å²) in [5.41, 5.74) is 3.44. The Morgan fingerprint density at radius 2 is 1.73 bits per heavy atom. The normalized spacial score (nSPS) is 37.7. The van der Waals surface area contributed by atoms with Crippen molar-refractivity contribution in [3.05, 3.63) is 41.5 Å². The number of aromatic hydroxyl groups is 1. The highest BCUT2D eigenvalue weighted by atomic mass is 16.5. The van der Waals surface area contributed by atoms with E-state index in [1.165, 1.54) is 83.0 Å². The molecule has 4 saturated carbocycles. The average Bonchev–Trinajstić information content (AvgIpc) is 3.28. The van der Waals surface area contributed by atoms with Crippen LogP contribution in [0.4, 0.5) is 0 Å². The molecule has 0 amide bonds. The van der Waals surface area contributed by atoms with Crippen molar-refractivity contribution in [1.29, 1.82) is 0 Å². The first-order valence-electron chi connectivity index (χ1n) is 18.1. The number of carbonyl (C=O) groups is 1. The van der Waals surface area contributed by atoms with Crippen molar-refractivity contribution in [3.8, 4) is 11.5 Å². The Bertz CT molecular complexity index is 1290. The maximum Gasteiger partial charge on any atom is 0.331 e. The SMILES string of the molecule is CCC12CCC3(C)C(C(C)CCC=C(C)C)CCC3(C)C1CCC1C2CCC(OC(=O)C=Cc2ccc(O)c(OC)c2)C1(C)C. The molecule has 5 rings (SSSR count). The molecule has 4 heteroatoms. The molecule has 4 fully saturated rings. The number of phenols is 1. The lowest BCUT2D eigenvalue weighted by Gasteiger charge is -2.69. The van der Waals surface area contributed by atoms with Gasteiger partial charge in [0.2, 0.25) is 0 Å². The van der Waals surface area contributed by atoms with Crippen LogP contribution < -0.4 is 4.74 Å². The van der Waals surface area contributed by atoms with Gasteiger partial charge in [-0.2, -0.15) is 0 Å². The molecule has 4 aliphatic rings. The fourth-order valence-corrected chi connectivity index (χ4v) is 11.9. The Labute approximate surface area is 274 Å². The van der Waals surface area contributed by atoms with Gasteiger partial charge >= 0.3 is 5.97 Å². The highest BCUT2D eigenvalue weighted by Gasteiger charge is 2.69. The molecule has 0 aromatic heterocycles. The van der Waals surface area contributed by atoms with Crippen LogP contribution in [0, 0.1) is 51.2 Å². The van der Waals surface area contributed by atoms with Crippen molar-refractivity contribution in [2.24, 2.45) is 51.2 Å². The first kappa shape index (κ1) is 34.1. The second kappa shape index (κ2) is 12.8. The van der Waals surface area contributed by atoms with E-state index in [0.29, 0.717) is 33.8 Å². The third kappa shape index (κ3) is 5.80. The number of allylic oxidation sites excluding steroid dienone is 2. The van der Waals surface area contributed by atoms with Gasteiger partial charge in [-0.05, 0) is 154 Å². The number of benzene rings is 1. The molecule has 1 aromatic rings. The van der Waals surface area contributed by atoms with E-state index in [1.54, 1.807) is 24.3 Å².